The van der Waals surface area contributed by atoms with E-state index < -0.39 is 11.9 Å². The molecule has 0 N–H and O–H groups in total. The second kappa shape index (κ2) is 8.21. The molecule has 4 nitrogen and oxygen atoms in total. The monoisotopic (exact) mass is 294 g/mol. The van der Waals surface area contributed by atoms with Gasteiger partial charge in [0.2, 0.25) is 0 Å². The Labute approximate surface area is 128 Å². The number of carbonyl (C=O) groups is 2. The molecule has 0 radical (unpaired) electrons. The fourth-order valence-electron chi connectivity index (χ4n) is 1.59. The van der Waals surface area contributed by atoms with Gasteiger partial charge in [0.05, 0.1) is 0 Å². The van der Waals surface area contributed by atoms with Crippen LogP contribution in [0.4, 0.5) is 0 Å². The van der Waals surface area contributed by atoms with E-state index in [9.17, 15) is 9.59 Å². The molecule has 0 amide bonds. The fraction of sp³-hybridized carbons (Fsp3) is 0. The molecule has 0 heterocycles. The highest BCUT2D eigenvalue weighted by atomic mass is 17.2. The molecule has 22 heavy (non-hydrogen) atoms. The minimum absolute atomic E-state index is 0.759. The van der Waals surface area contributed by atoms with Gasteiger partial charge in [-0.05, 0) is 23.3 Å². The smallest absolute Gasteiger partial charge is 0.242 e. The second-order valence-electron chi connectivity index (χ2n) is 4.29. The largest absolute Gasteiger partial charge is 0.379 e. The van der Waals surface area contributed by atoms with Crippen LogP contribution < -0.4 is 0 Å². The van der Waals surface area contributed by atoms with Crippen LogP contribution in [-0.4, -0.2) is 11.9 Å². The Morgan fingerprint density at radius 3 is 1.36 bits per heavy atom. The third-order valence-electron chi connectivity index (χ3n) is 2.63. The van der Waals surface area contributed by atoms with Gasteiger partial charge in [-0.2, -0.15) is 0 Å². The van der Waals surface area contributed by atoms with Crippen molar-refractivity contribution in [3.05, 3.63) is 83.9 Å². The van der Waals surface area contributed by atoms with Gasteiger partial charge < -0.3 is 0 Å². The third kappa shape index (κ3) is 5.46. The van der Waals surface area contributed by atoms with Gasteiger partial charge in [-0.25, -0.2) is 19.4 Å². The van der Waals surface area contributed by atoms with E-state index in [1.54, 1.807) is 12.2 Å². The molecule has 0 unspecified atom stereocenters. The van der Waals surface area contributed by atoms with Crippen LogP contribution in [0.2, 0.25) is 0 Å². The lowest BCUT2D eigenvalue weighted by molar-refractivity contribution is -0.250. The van der Waals surface area contributed by atoms with E-state index >= 15 is 0 Å². The standard InChI is InChI=1S/C18H14O4/c19-17(13-11-15-7-3-1-4-8-15)21-22-18(20)14-12-16-9-5-2-6-10-16/h1-14H/b13-11-,14-12-. The van der Waals surface area contributed by atoms with Gasteiger partial charge >= 0.3 is 11.9 Å². The first-order chi connectivity index (χ1) is 10.7. The first-order valence-corrected chi connectivity index (χ1v) is 6.63. The summed E-state index contributed by atoms with van der Waals surface area (Å²) in [6.45, 7) is 0. The van der Waals surface area contributed by atoms with Crippen molar-refractivity contribution in [3.8, 4) is 0 Å². The van der Waals surface area contributed by atoms with Gasteiger partial charge in [0.25, 0.3) is 0 Å². The van der Waals surface area contributed by atoms with E-state index in [1.165, 1.54) is 12.2 Å². The van der Waals surface area contributed by atoms with E-state index in [-0.39, 0.29) is 0 Å². The number of hydrogen-bond donors (Lipinski definition) is 0. The Morgan fingerprint density at radius 2 is 1.00 bits per heavy atom. The molecule has 0 aliphatic rings. The average Bonchev–Trinajstić information content (AvgIpc) is 2.58. The molecule has 0 aromatic heterocycles. The minimum atomic E-state index is -0.759. The first kappa shape index (κ1) is 15.3. The van der Waals surface area contributed by atoms with Crippen LogP contribution in [0.25, 0.3) is 12.2 Å². The van der Waals surface area contributed by atoms with Gasteiger partial charge in [-0.15, -0.1) is 0 Å². The van der Waals surface area contributed by atoms with Crippen LogP contribution in [0.15, 0.2) is 72.8 Å². The Balaban J connectivity index is 1.77. The predicted molar refractivity (Wildman–Crippen MR) is 83.1 cm³/mol. The number of carbonyl (C=O) groups excluding carboxylic acids is 2. The summed E-state index contributed by atoms with van der Waals surface area (Å²) in [7, 11) is 0. The van der Waals surface area contributed by atoms with Crippen LogP contribution in [-0.2, 0) is 19.4 Å². The second-order valence-corrected chi connectivity index (χ2v) is 4.29. The van der Waals surface area contributed by atoms with Crippen LogP contribution in [0.3, 0.4) is 0 Å². The SMILES string of the molecule is O=C(/C=C\c1ccccc1)OOC(=O)/C=C\c1ccccc1. The van der Waals surface area contributed by atoms with Gasteiger partial charge in [0, 0.05) is 12.2 Å². The molecule has 0 aliphatic carbocycles. The average molecular weight is 294 g/mol. The Morgan fingerprint density at radius 1 is 0.636 bits per heavy atom. The van der Waals surface area contributed by atoms with Gasteiger partial charge in [0.1, 0.15) is 0 Å². The normalized spacial score (nSPS) is 10.7. The van der Waals surface area contributed by atoms with E-state index in [4.69, 9.17) is 0 Å². The molecule has 110 valence electrons. The molecule has 0 saturated carbocycles. The van der Waals surface area contributed by atoms with Crippen molar-refractivity contribution < 1.29 is 19.4 Å². The highest BCUT2D eigenvalue weighted by Gasteiger charge is 2.03. The van der Waals surface area contributed by atoms with Crippen LogP contribution in [0.1, 0.15) is 11.1 Å². The molecule has 0 aliphatic heterocycles. The lowest BCUT2D eigenvalue weighted by Gasteiger charge is -1.97. The molecular weight excluding hydrogens is 280 g/mol. The Kier molecular flexibility index (Phi) is 5.70. The highest BCUT2D eigenvalue weighted by molar-refractivity contribution is 5.89. The molecule has 0 spiro atoms. The highest BCUT2D eigenvalue weighted by Crippen LogP contribution is 2.02. The molecular formula is C18H14O4. The summed E-state index contributed by atoms with van der Waals surface area (Å²) in [5, 5.41) is 0. The first-order valence-electron chi connectivity index (χ1n) is 6.63. The van der Waals surface area contributed by atoms with Crippen molar-refractivity contribution in [3.63, 3.8) is 0 Å². The summed E-state index contributed by atoms with van der Waals surface area (Å²) in [5.74, 6) is -1.52. The van der Waals surface area contributed by atoms with Gasteiger partial charge in [-0.3, -0.25) is 0 Å². The van der Waals surface area contributed by atoms with Gasteiger partial charge in [-0.1, -0.05) is 60.7 Å². The minimum Gasteiger partial charge on any atom is -0.242 e. The lowest BCUT2D eigenvalue weighted by Crippen LogP contribution is -2.06. The fourth-order valence-corrected chi connectivity index (χ4v) is 1.59. The van der Waals surface area contributed by atoms with Crippen molar-refractivity contribution in [1.82, 2.24) is 0 Å². The van der Waals surface area contributed by atoms with Crippen LogP contribution in [0.5, 0.6) is 0 Å². The number of benzene rings is 2. The van der Waals surface area contributed by atoms with E-state index in [0.717, 1.165) is 11.1 Å². The van der Waals surface area contributed by atoms with Gasteiger partial charge in [0.15, 0.2) is 0 Å². The van der Waals surface area contributed by atoms with E-state index in [1.807, 2.05) is 60.7 Å². The Bertz CT molecular complexity index is 611. The summed E-state index contributed by atoms with van der Waals surface area (Å²) >= 11 is 0. The van der Waals surface area contributed by atoms with Crippen LogP contribution in [0, 0.1) is 0 Å². The molecule has 0 saturated heterocycles. The van der Waals surface area contributed by atoms with Crippen molar-refractivity contribution in [1.29, 1.82) is 0 Å². The molecule has 0 atom stereocenters. The van der Waals surface area contributed by atoms with Crippen molar-refractivity contribution >= 4 is 24.1 Å². The summed E-state index contributed by atoms with van der Waals surface area (Å²) < 4.78 is 0. The molecule has 0 fully saturated rings. The summed E-state index contributed by atoms with van der Waals surface area (Å²) in [6, 6.07) is 18.5. The molecule has 2 aromatic carbocycles. The van der Waals surface area contributed by atoms with E-state index in [2.05, 4.69) is 9.78 Å². The zero-order valence-electron chi connectivity index (χ0n) is 11.7. The lowest BCUT2D eigenvalue weighted by atomic mass is 10.2. The van der Waals surface area contributed by atoms with Crippen LogP contribution >= 0.6 is 0 Å². The zero-order valence-corrected chi connectivity index (χ0v) is 11.7. The summed E-state index contributed by atoms with van der Waals surface area (Å²) in [4.78, 5) is 31.5. The predicted octanol–water partition coefficient (Wildman–Crippen LogP) is 3.41. The maximum atomic E-state index is 11.4. The topological polar surface area (TPSA) is 52.6 Å². The molecule has 0 bridgehead atoms. The summed E-state index contributed by atoms with van der Waals surface area (Å²) in [5.41, 5.74) is 1.68. The van der Waals surface area contributed by atoms with E-state index in [0.29, 0.717) is 0 Å². The Hall–Kier alpha value is -3.14. The molecule has 2 aromatic rings. The third-order valence-corrected chi connectivity index (χ3v) is 2.63. The van der Waals surface area contributed by atoms with Crippen molar-refractivity contribution in [2.75, 3.05) is 0 Å². The quantitative estimate of drug-likeness (QED) is 0.492. The summed E-state index contributed by atoms with van der Waals surface area (Å²) in [6.07, 6.45) is 5.50. The maximum absolute atomic E-state index is 11.4. The number of rotatable bonds is 4. The zero-order chi connectivity index (χ0) is 15.6. The van der Waals surface area contributed by atoms with Crippen molar-refractivity contribution in [2.24, 2.45) is 0 Å². The number of hydrogen-bond acceptors (Lipinski definition) is 4. The molecule has 2 rings (SSSR count). The maximum Gasteiger partial charge on any atom is 0.379 e. The van der Waals surface area contributed by atoms with Crippen molar-refractivity contribution in [2.45, 2.75) is 0 Å². The molecule has 4 heteroatoms.